The van der Waals surface area contributed by atoms with E-state index >= 15 is 0 Å². The molecule has 3 aliphatic rings. The van der Waals surface area contributed by atoms with Crippen molar-refractivity contribution < 1.29 is 22.7 Å². The molecule has 0 radical (unpaired) electrons. The minimum Gasteiger partial charge on any atom is -0.471 e. The van der Waals surface area contributed by atoms with Crippen molar-refractivity contribution in [1.82, 2.24) is 19.8 Å². The fourth-order valence-corrected chi connectivity index (χ4v) is 4.62. The summed E-state index contributed by atoms with van der Waals surface area (Å²) in [5.74, 6) is 1.05. The molecule has 6 nitrogen and oxygen atoms in total. The molecule has 1 aromatic carbocycles. The van der Waals surface area contributed by atoms with Crippen LogP contribution in [0.5, 0.6) is 5.88 Å². The van der Waals surface area contributed by atoms with E-state index in [1.807, 2.05) is 4.90 Å². The Balaban J connectivity index is 1.22. The Labute approximate surface area is 184 Å². The predicted octanol–water partition coefficient (Wildman–Crippen LogP) is 3.63. The molecule has 1 amide bonds. The minimum absolute atomic E-state index is 0.0282. The van der Waals surface area contributed by atoms with Gasteiger partial charge in [0, 0.05) is 44.4 Å². The standard InChI is InChI=1S/C23H25F3N4O2/c24-23(25,26)17-3-1-2-15(8-17)12-29-7-6-22(31)30-14-19(9-18(30)13-29)32-21-11-27-20(10-28-21)16-4-5-16/h1-3,8,10-11,16,18-19H,4-7,9,12-14H2/t18-,19-/m1/s1. The molecular weight excluding hydrogens is 421 g/mol. The first-order chi connectivity index (χ1) is 15.3. The molecule has 3 heterocycles. The zero-order chi connectivity index (χ0) is 22.3. The fraction of sp³-hybridized carbons (Fsp3) is 0.522. The summed E-state index contributed by atoms with van der Waals surface area (Å²) in [6.45, 7) is 2.00. The number of aromatic nitrogens is 2. The van der Waals surface area contributed by atoms with Crippen molar-refractivity contribution in [2.75, 3.05) is 19.6 Å². The summed E-state index contributed by atoms with van der Waals surface area (Å²) in [7, 11) is 0. The van der Waals surface area contributed by atoms with Gasteiger partial charge in [-0.25, -0.2) is 4.98 Å². The molecular formula is C23H25F3N4O2. The van der Waals surface area contributed by atoms with Gasteiger partial charge in [0.15, 0.2) is 0 Å². The van der Waals surface area contributed by atoms with Crippen LogP contribution in [0.2, 0.25) is 0 Å². The summed E-state index contributed by atoms with van der Waals surface area (Å²) in [5, 5.41) is 0. The molecule has 1 saturated carbocycles. The number of hydrogen-bond donors (Lipinski definition) is 0. The van der Waals surface area contributed by atoms with Crippen molar-refractivity contribution in [3.05, 3.63) is 53.5 Å². The minimum atomic E-state index is -4.36. The molecule has 9 heteroatoms. The van der Waals surface area contributed by atoms with E-state index in [1.54, 1.807) is 18.5 Å². The molecule has 1 aromatic heterocycles. The van der Waals surface area contributed by atoms with E-state index < -0.39 is 11.7 Å². The summed E-state index contributed by atoms with van der Waals surface area (Å²) in [6, 6.07) is 5.37. The van der Waals surface area contributed by atoms with Gasteiger partial charge in [-0.3, -0.25) is 14.7 Å². The monoisotopic (exact) mass is 446 g/mol. The highest BCUT2D eigenvalue weighted by Crippen LogP contribution is 2.38. The van der Waals surface area contributed by atoms with E-state index in [1.165, 1.54) is 12.1 Å². The summed E-state index contributed by atoms with van der Waals surface area (Å²) in [6.07, 6.45) is 2.21. The number of fused-ring (bicyclic) bond motifs is 1. The molecule has 2 saturated heterocycles. The molecule has 170 valence electrons. The number of carbonyl (C=O) groups excluding carboxylic acids is 1. The van der Waals surface area contributed by atoms with Crippen molar-refractivity contribution >= 4 is 5.91 Å². The third-order valence-electron chi connectivity index (χ3n) is 6.40. The Hall–Kier alpha value is -2.68. The van der Waals surface area contributed by atoms with Gasteiger partial charge >= 0.3 is 6.18 Å². The fourth-order valence-electron chi connectivity index (χ4n) is 4.62. The Kier molecular flexibility index (Phi) is 5.53. The highest BCUT2D eigenvalue weighted by Gasteiger charge is 2.39. The van der Waals surface area contributed by atoms with Crippen molar-refractivity contribution in [3.8, 4) is 5.88 Å². The van der Waals surface area contributed by atoms with Gasteiger partial charge in [0.1, 0.15) is 6.10 Å². The smallest absolute Gasteiger partial charge is 0.416 e. The lowest BCUT2D eigenvalue weighted by Crippen LogP contribution is -2.38. The average molecular weight is 446 g/mol. The highest BCUT2D eigenvalue weighted by atomic mass is 19.4. The topological polar surface area (TPSA) is 58.6 Å². The van der Waals surface area contributed by atoms with Gasteiger partial charge < -0.3 is 9.64 Å². The van der Waals surface area contributed by atoms with E-state index in [0.717, 1.165) is 24.6 Å². The van der Waals surface area contributed by atoms with E-state index in [2.05, 4.69) is 14.9 Å². The number of amides is 1. The number of nitrogens with zero attached hydrogens (tertiary/aromatic N) is 4. The maximum absolute atomic E-state index is 13.0. The molecule has 0 spiro atoms. The first kappa shape index (κ1) is 21.2. The lowest BCUT2D eigenvalue weighted by atomic mass is 10.1. The number of alkyl halides is 3. The van der Waals surface area contributed by atoms with E-state index in [9.17, 15) is 18.0 Å². The Morgan fingerprint density at radius 1 is 1.12 bits per heavy atom. The zero-order valence-electron chi connectivity index (χ0n) is 17.6. The first-order valence-corrected chi connectivity index (χ1v) is 11.0. The Morgan fingerprint density at radius 2 is 1.97 bits per heavy atom. The maximum Gasteiger partial charge on any atom is 0.416 e. The third kappa shape index (κ3) is 4.72. The largest absolute Gasteiger partial charge is 0.471 e. The molecule has 3 fully saturated rings. The van der Waals surface area contributed by atoms with Crippen LogP contribution in [0, 0.1) is 0 Å². The predicted molar refractivity (Wildman–Crippen MR) is 110 cm³/mol. The van der Waals surface area contributed by atoms with Crippen molar-refractivity contribution in [2.45, 2.75) is 56.5 Å². The van der Waals surface area contributed by atoms with Crippen LogP contribution < -0.4 is 4.74 Å². The number of carbonyl (C=O) groups is 1. The lowest BCUT2D eigenvalue weighted by molar-refractivity contribution is -0.137. The number of rotatable bonds is 5. The van der Waals surface area contributed by atoms with Gasteiger partial charge in [0.25, 0.3) is 0 Å². The van der Waals surface area contributed by atoms with Crippen molar-refractivity contribution in [2.24, 2.45) is 0 Å². The summed E-state index contributed by atoms with van der Waals surface area (Å²) >= 11 is 0. The molecule has 1 aliphatic carbocycles. The van der Waals surface area contributed by atoms with E-state index in [0.29, 0.717) is 56.4 Å². The van der Waals surface area contributed by atoms with Gasteiger partial charge in [0.2, 0.25) is 11.8 Å². The Morgan fingerprint density at radius 3 is 2.69 bits per heavy atom. The van der Waals surface area contributed by atoms with Gasteiger partial charge in [-0.15, -0.1) is 0 Å². The second kappa shape index (κ2) is 8.35. The normalized spacial score (nSPS) is 24.3. The molecule has 2 aromatic rings. The second-order valence-electron chi connectivity index (χ2n) is 8.91. The van der Waals surface area contributed by atoms with Crippen LogP contribution in [-0.2, 0) is 17.5 Å². The highest BCUT2D eigenvalue weighted by molar-refractivity contribution is 5.77. The quantitative estimate of drug-likeness (QED) is 0.702. The molecule has 0 bridgehead atoms. The molecule has 0 unspecified atom stereocenters. The van der Waals surface area contributed by atoms with E-state index in [4.69, 9.17) is 4.74 Å². The van der Waals surface area contributed by atoms with Gasteiger partial charge in [-0.2, -0.15) is 13.2 Å². The molecule has 5 rings (SSSR count). The number of halogens is 3. The average Bonchev–Trinajstić information content (AvgIpc) is 3.55. The summed E-state index contributed by atoms with van der Waals surface area (Å²) in [4.78, 5) is 25.4. The molecule has 32 heavy (non-hydrogen) atoms. The lowest BCUT2D eigenvalue weighted by Gasteiger charge is -2.25. The van der Waals surface area contributed by atoms with Crippen molar-refractivity contribution in [3.63, 3.8) is 0 Å². The van der Waals surface area contributed by atoms with Crippen LogP contribution in [-0.4, -0.2) is 57.5 Å². The summed E-state index contributed by atoms with van der Waals surface area (Å²) in [5.41, 5.74) is 0.946. The van der Waals surface area contributed by atoms with Crippen molar-refractivity contribution in [1.29, 1.82) is 0 Å². The van der Waals surface area contributed by atoms with Gasteiger partial charge in [-0.1, -0.05) is 18.2 Å². The van der Waals surface area contributed by atoms with Crippen LogP contribution >= 0.6 is 0 Å². The molecule has 2 atom stereocenters. The van der Waals surface area contributed by atoms with Crippen LogP contribution in [0.25, 0.3) is 0 Å². The Bertz CT molecular complexity index is 978. The maximum atomic E-state index is 13.0. The second-order valence-corrected chi connectivity index (χ2v) is 8.91. The number of benzene rings is 1. The molecule has 2 aliphatic heterocycles. The van der Waals surface area contributed by atoms with E-state index in [-0.39, 0.29) is 18.1 Å². The van der Waals surface area contributed by atoms with Crippen LogP contribution in [0.1, 0.15) is 48.4 Å². The van der Waals surface area contributed by atoms with Gasteiger partial charge in [0.05, 0.1) is 30.2 Å². The number of hydrogen-bond acceptors (Lipinski definition) is 5. The van der Waals surface area contributed by atoms with Crippen LogP contribution in [0.4, 0.5) is 13.2 Å². The third-order valence-corrected chi connectivity index (χ3v) is 6.40. The molecule has 0 N–H and O–H groups in total. The zero-order valence-corrected chi connectivity index (χ0v) is 17.6. The van der Waals surface area contributed by atoms with Gasteiger partial charge in [-0.05, 0) is 24.5 Å². The van der Waals surface area contributed by atoms with Crippen LogP contribution in [0.15, 0.2) is 36.7 Å². The SMILES string of the molecule is O=C1CCN(Cc2cccc(C(F)(F)F)c2)C[C@H]2C[C@@H](Oc3cnc(C4CC4)cn3)CN12. The number of ether oxygens (including phenoxy) is 1. The first-order valence-electron chi connectivity index (χ1n) is 11.0. The summed E-state index contributed by atoms with van der Waals surface area (Å²) < 4.78 is 45.1. The van der Waals surface area contributed by atoms with Crippen LogP contribution in [0.3, 0.4) is 0 Å².